The number of nitrogens with one attached hydrogen (secondary N) is 2. The van der Waals surface area contributed by atoms with Gasteiger partial charge in [0.1, 0.15) is 5.75 Å². The third-order valence-corrected chi connectivity index (χ3v) is 3.65. The van der Waals surface area contributed by atoms with E-state index in [9.17, 15) is 4.79 Å². The highest BCUT2D eigenvalue weighted by atomic mass is 16.5. The van der Waals surface area contributed by atoms with Gasteiger partial charge in [-0.05, 0) is 13.1 Å². The molecule has 7 nitrogen and oxygen atoms in total. The Bertz CT molecular complexity index is 549. The molecule has 1 fully saturated rings. The lowest BCUT2D eigenvalue weighted by Crippen LogP contribution is -2.43. The first-order chi connectivity index (χ1) is 10.1. The summed E-state index contributed by atoms with van der Waals surface area (Å²) in [5, 5.41) is 6.06. The summed E-state index contributed by atoms with van der Waals surface area (Å²) < 4.78 is 11.0. The van der Waals surface area contributed by atoms with E-state index < -0.39 is 0 Å². The van der Waals surface area contributed by atoms with Crippen molar-refractivity contribution >= 4 is 23.0 Å². The number of rotatable bonds is 3. The average molecular weight is 292 g/mol. The first-order valence-electron chi connectivity index (χ1n) is 7.02. The van der Waals surface area contributed by atoms with Gasteiger partial charge in [0.2, 0.25) is 0 Å². The number of hydrogen-bond donors (Lipinski definition) is 3. The SMILES string of the molecule is CN1CCOC(CNc2cc3c(cc2N)OCC(=O)N3)C1. The maximum absolute atomic E-state index is 11.4. The Labute approximate surface area is 123 Å². The van der Waals surface area contributed by atoms with Crippen molar-refractivity contribution in [3.63, 3.8) is 0 Å². The van der Waals surface area contributed by atoms with Crippen LogP contribution in [0.25, 0.3) is 0 Å². The van der Waals surface area contributed by atoms with Crippen LogP contribution in [0, 0.1) is 0 Å². The van der Waals surface area contributed by atoms with Crippen LogP contribution in [-0.4, -0.2) is 56.8 Å². The van der Waals surface area contributed by atoms with Crippen LogP contribution in [0.2, 0.25) is 0 Å². The Morgan fingerprint density at radius 2 is 2.38 bits per heavy atom. The molecule has 7 heteroatoms. The highest BCUT2D eigenvalue weighted by Crippen LogP contribution is 2.35. The standard InChI is InChI=1S/C14H20N4O3/c1-18-2-3-20-9(7-18)6-16-11-5-12-13(4-10(11)15)21-8-14(19)17-12/h4-5,9,16H,2-3,6-8,15H2,1H3,(H,17,19). The normalized spacial score (nSPS) is 22.1. The van der Waals surface area contributed by atoms with Crippen LogP contribution in [0.3, 0.4) is 0 Å². The van der Waals surface area contributed by atoms with Crippen LogP contribution in [0.4, 0.5) is 17.1 Å². The molecule has 114 valence electrons. The molecule has 21 heavy (non-hydrogen) atoms. The highest BCUT2D eigenvalue weighted by Gasteiger charge is 2.20. The van der Waals surface area contributed by atoms with E-state index in [2.05, 4.69) is 22.6 Å². The summed E-state index contributed by atoms with van der Waals surface area (Å²) in [6.45, 7) is 3.29. The fraction of sp³-hybridized carbons (Fsp3) is 0.500. The number of nitrogens with zero attached hydrogens (tertiary/aromatic N) is 1. The van der Waals surface area contributed by atoms with E-state index >= 15 is 0 Å². The predicted molar refractivity (Wildman–Crippen MR) is 80.7 cm³/mol. The number of benzene rings is 1. The summed E-state index contributed by atoms with van der Waals surface area (Å²) in [4.78, 5) is 13.6. The molecule has 2 heterocycles. The molecule has 0 bridgehead atoms. The van der Waals surface area contributed by atoms with Gasteiger partial charge in [-0.3, -0.25) is 4.79 Å². The quantitative estimate of drug-likeness (QED) is 0.696. The maximum Gasteiger partial charge on any atom is 0.262 e. The number of ether oxygens (including phenoxy) is 2. The van der Waals surface area contributed by atoms with E-state index in [1.165, 1.54) is 0 Å². The van der Waals surface area contributed by atoms with Gasteiger partial charge >= 0.3 is 0 Å². The number of anilines is 3. The van der Waals surface area contributed by atoms with Gasteiger partial charge in [-0.2, -0.15) is 0 Å². The van der Waals surface area contributed by atoms with E-state index in [0.717, 1.165) is 25.4 Å². The molecular weight excluding hydrogens is 272 g/mol. The smallest absolute Gasteiger partial charge is 0.262 e. The molecule has 1 saturated heterocycles. The maximum atomic E-state index is 11.4. The van der Waals surface area contributed by atoms with Crippen LogP contribution >= 0.6 is 0 Å². The van der Waals surface area contributed by atoms with Gasteiger partial charge in [0.15, 0.2) is 6.61 Å². The van der Waals surface area contributed by atoms with Crippen molar-refractivity contribution in [1.82, 2.24) is 4.90 Å². The highest BCUT2D eigenvalue weighted by molar-refractivity contribution is 5.97. The van der Waals surface area contributed by atoms with Crippen LogP contribution in [0.1, 0.15) is 0 Å². The number of hydrogen-bond acceptors (Lipinski definition) is 6. The Morgan fingerprint density at radius 3 is 3.19 bits per heavy atom. The Balaban J connectivity index is 1.67. The molecule has 1 aromatic rings. The molecule has 0 aliphatic carbocycles. The number of nitrogens with two attached hydrogens (primary N) is 1. The second kappa shape index (κ2) is 5.79. The first-order valence-corrected chi connectivity index (χ1v) is 7.02. The van der Waals surface area contributed by atoms with Gasteiger partial charge in [-0.1, -0.05) is 0 Å². The fourth-order valence-corrected chi connectivity index (χ4v) is 2.51. The molecule has 0 aromatic heterocycles. The summed E-state index contributed by atoms with van der Waals surface area (Å²) in [5.41, 5.74) is 8.03. The van der Waals surface area contributed by atoms with Gasteiger partial charge in [0.05, 0.1) is 29.8 Å². The van der Waals surface area contributed by atoms with Crippen LogP contribution in [0.5, 0.6) is 5.75 Å². The molecular formula is C14H20N4O3. The van der Waals surface area contributed by atoms with Crippen molar-refractivity contribution in [3.05, 3.63) is 12.1 Å². The van der Waals surface area contributed by atoms with Gasteiger partial charge < -0.3 is 30.7 Å². The van der Waals surface area contributed by atoms with Crippen molar-refractivity contribution in [1.29, 1.82) is 0 Å². The van der Waals surface area contributed by atoms with Crippen LogP contribution in [0.15, 0.2) is 12.1 Å². The molecule has 1 amide bonds. The zero-order valence-corrected chi connectivity index (χ0v) is 12.0. The number of amides is 1. The lowest BCUT2D eigenvalue weighted by atomic mass is 10.2. The van der Waals surface area contributed by atoms with Gasteiger partial charge in [0.25, 0.3) is 5.91 Å². The molecule has 0 saturated carbocycles. The van der Waals surface area contributed by atoms with Gasteiger partial charge in [0, 0.05) is 25.7 Å². The topological polar surface area (TPSA) is 88.8 Å². The molecule has 0 spiro atoms. The zero-order valence-electron chi connectivity index (χ0n) is 12.0. The van der Waals surface area contributed by atoms with Crippen LogP contribution in [-0.2, 0) is 9.53 Å². The second-order valence-corrected chi connectivity index (χ2v) is 5.41. The largest absolute Gasteiger partial charge is 0.482 e. The minimum atomic E-state index is -0.157. The molecule has 2 aliphatic rings. The third-order valence-electron chi connectivity index (χ3n) is 3.65. The number of nitrogen functional groups attached to an aromatic ring is 1. The summed E-state index contributed by atoms with van der Waals surface area (Å²) in [7, 11) is 2.08. The van der Waals surface area contributed by atoms with Crippen molar-refractivity contribution in [2.45, 2.75) is 6.10 Å². The number of likely N-dealkylation sites (N-methyl/N-ethyl adjacent to an activating group) is 1. The Hall–Kier alpha value is -1.99. The summed E-state index contributed by atoms with van der Waals surface area (Å²) in [5.74, 6) is 0.446. The molecule has 1 atom stereocenters. The number of carbonyl (C=O) groups is 1. The lowest BCUT2D eigenvalue weighted by Gasteiger charge is -2.30. The van der Waals surface area contributed by atoms with E-state index in [4.69, 9.17) is 15.2 Å². The summed E-state index contributed by atoms with van der Waals surface area (Å²) in [6.07, 6.45) is 0.130. The summed E-state index contributed by atoms with van der Waals surface area (Å²) >= 11 is 0. The van der Waals surface area contributed by atoms with Crippen molar-refractivity contribution < 1.29 is 14.3 Å². The van der Waals surface area contributed by atoms with E-state index in [0.29, 0.717) is 23.7 Å². The van der Waals surface area contributed by atoms with Gasteiger partial charge in [-0.25, -0.2) is 0 Å². The van der Waals surface area contributed by atoms with E-state index in [1.54, 1.807) is 12.1 Å². The predicted octanol–water partition coefficient (Wildman–Crippen LogP) is 0.342. The van der Waals surface area contributed by atoms with Gasteiger partial charge in [-0.15, -0.1) is 0 Å². The second-order valence-electron chi connectivity index (χ2n) is 5.41. The van der Waals surface area contributed by atoms with E-state index in [-0.39, 0.29) is 18.6 Å². The number of fused-ring (bicyclic) bond motifs is 1. The molecule has 1 unspecified atom stereocenters. The molecule has 3 rings (SSSR count). The van der Waals surface area contributed by atoms with E-state index in [1.807, 2.05) is 0 Å². The zero-order chi connectivity index (χ0) is 14.8. The molecule has 2 aliphatic heterocycles. The Morgan fingerprint density at radius 1 is 1.52 bits per heavy atom. The number of morpholine rings is 1. The minimum Gasteiger partial charge on any atom is -0.482 e. The molecule has 1 aromatic carbocycles. The molecule has 4 N–H and O–H groups in total. The average Bonchev–Trinajstić information content (AvgIpc) is 2.45. The number of carbonyl (C=O) groups excluding carboxylic acids is 1. The molecule has 0 radical (unpaired) electrons. The van der Waals surface area contributed by atoms with Crippen molar-refractivity contribution in [2.75, 3.05) is 56.3 Å². The summed E-state index contributed by atoms with van der Waals surface area (Å²) in [6, 6.07) is 3.53. The van der Waals surface area contributed by atoms with Crippen LogP contribution < -0.4 is 21.1 Å². The minimum absolute atomic E-state index is 0.0292. The van der Waals surface area contributed by atoms with Crippen molar-refractivity contribution in [2.24, 2.45) is 0 Å². The first kappa shape index (κ1) is 14.0. The Kier molecular flexibility index (Phi) is 3.85. The monoisotopic (exact) mass is 292 g/mol. The van der Waals surface area contributed by atoms with Crippen molar-refractivity contribution in [3.8, 4) is 5.75 Å². The third kappa shape index (κ3) is 3.20. The lowest BCUT2D eigenvalue weighted by molar-refractivity contribution is -0.118. The fourth-order valence-electron chi connectivity index (χ4n) is 2.51.